The van der Waals surface area contributed by atoms with E-state index in [0.29, 0.717) is 24.1 Å². The lowest BCUT2D eigenvalue weighted by atomic mass is 10.3. The highest BCUT2D eigenvalue weighted by Gasteiger charge is 2.08. The molecule has 0 saturated carbocycles. The van der Waals surface area contributed by atoms with Gasteiger partial charge in [-0.2, -0.15) is 0 Å². The first kappa shape index (κ1) is 14.7. The Bertz CT molecular complexity index is 571. The van der Waals surface area contributed by atoms with Gasteiger partial charge in [0.2, 0.25) is 11.8 Å². The normalized spacial score (nSPS) is 10.3. The molecule has 0 bridgehead atoms. The monoisotopic (exact) mass is 311 g/mol. The SMILES string of the molecule is CCOc1ccc(NC(=O)Cc2nc(CCl)cs2)cn1. The summed E-state index contributed by atoms with van der Waals surface area (Å²) in [4.78, 5) is 20.2. The highest BCUT2D eigenvalue weighted by molar-refractivity contribution is 7.09. The van der Waals surface area contributed by atoms with E-state index < -0.39 is 0 Å². The van der Waals surface area contributed by atoms with Gasteiger partial charge in [0.1, 0.15) is 5.01 Å². The lowest BCUT2D eigenvalue weighted by molar-refractivity contribution is -0.115. The van der Waals surface area contributed by atoms with Crippen LogP contribution in [0.5, 0.6) is 5.88 Å². The number of alkyl halides is 1. The molecule has 0 fully saturated rings. The summed E-state index contributed by atoms with van der Waals surface area (Å²) >= 11 is 7.10. The standard InChI is InChI=1S/C13H14ClN3O2S/c1-2-19-12-4-3-9(7-15-12)16-11(18)5-13-17-10(6-14)8-20-13/h3-4,7-8H,2,5-6H2,1H3,(H,16,18). The van der Waals surface area contributed by atoms with E-state index in [1.165, 1.54) is 11.3 Å². The van der Waals surface area contributed by atoms with Crippen LogP contribution in [-0.4, -0.2) is 22.5 Å². The van der Waals surface area contributed by atoms with E-state index in [9.17, 15) is 4.79 Å². The van der Waals surface area contributed by atoms with E-state index in [1.54, 1.807) is 18.3 Å². The number of carbonyl (C=O) groups is 1. The van der Waals surface area contributed by atoms with Gasteiger partial charge in [-0.15, -0.1) is 22.9 Å². The van der Waals surface area contributed by atoms with Gasteiger partial charge in [-0.3, -0.25) is 4.79 Å². The molecule has 1 amide bonds. The zero-order valence-corrected chi connectivity index (χ0v) is 12.5. The molecule has 106 valence electrons. The van der Waals surface area contributed by atoms with Crippen molar-refractivity contribution in [3.05, 3.63) is 34.4 Å². The Labute approximate surface area is 126 Å². The number of nitrogens with one attached hydrogen (secondary N) is 1. The number of pyridine rings is 1. The van der Waals surface area contributed by atoms with Crippen LogP contribution < -0.4 is 10.1 Å². The van der Waals surface area contributed by atoms with Crippen LogP contribution in [0.25, 0.3) is 0 Å². The summed E-state index contributed by atoms with van der Waals surface area (Å²) in [6.07, 6.45) is 1.80. The fraction of sp³-hybridized carbons (Fsp3) is 0.308. The number of carbonyl (C=O) groups excluding carboxylic acids is 1. The minimum Gasteiger partial charge on any atom is -0.478 e. The fourth-order valence-corrected chi connectivity index (χ4v) is 2.54. The minimum absolute atomic E-state index is 0.133. The average Bonchev–Trinajstić information content (AvgIpc) is 2.89. The molecule has 0 aromatic carbocycles. The summed E-state index contributed by atoms with van der Waals surface area (Å²) in [5, 5.41) is 5.37. The third kappa shape index (κ3) is 4.18. The summed E-state index contributed by atoms with van der Waals surface area (Å²) in [5.74, 6) is 0.768. The van der Waals surface area contributed by atoms with Crippen LogP contribution in [-0.2, 0) is 17.1 Å². The van der Waals surface area contributed by atoms with Crippen molar-refractivity contribution in [2.24, 2.45) is 0 Å². The second kappa shape index (κ2) is 7.21. The number of rotatable bonds is 6. The lowest BCUT2D eigenvalue weighted by Crippen LogP contribution is -2.14. The van der Waals surface area contributed by atoms with Crippen molar-refractivity contribution in [2.75, 3.05) is 11.9 Å². The molecule has 2 aromatic heterocycles. The van der Waals surface area contributed by atoms with Gasteiger partial charge in [0.25, 0.3) is 0 Å². The summed E-state index contributed by atoms with van der Waals surface area (Å²) in [6, 6.07) is 3.47. The molecule has 2 heterocycles. The Balaban J connectivity index is 1.90. The van der Waals surface area contributed by atoms with Crippen LogP contribution in [0.4, 0.5) is 5.69 Å². The topological polar surface area (TPSA) is 64.1 Å². The quantitative estimate of drug-likeness (QED) is 0.833. The van der Waals surface area contributed by atoms with Crippen LogP contribution in [0.2, 0.25) is 0 Å². The van der Waals surface area contributed by atoms with Crippen molar-refractivity contribution in [3.63, 3.8) is 0 Å². The number of aromatic nitrogens is 2. The van der Waals surface area contributed by atoms with Gasteiger partial charge in [-0.1, -0.05) is 0 Å². The van der Waals surface area contributed by atoms with Gasteiger partial charge < -0.3 is 10.1 Å². The number of hydrogen-bond acceptors (Lipinski definition) is 5. The highest BCUT2D eigenvalue weighted by Crippen LogP contribution is 2.14. The van der Waals surface area contributed by atoms with E-state index in [1.807, 2.05) is 12.3 Å². The van der Waals surface area contributed by atoms with Gasteiger partial charge in [0, 0.05) is 11.4 Å². The largest absolute Gasteiger partial charge is 0.478 e. The molecule has 0 unspecified atom stereocenters. The van der Waals surface area contributed by atoms with Crippen LogP contribution in [0, 0.1) is 0 Å². The molecule has 2 rings (SSSR count). The Morgan fingerprint density at radius 2 is 2.35 bits per heavy atom. The molecule has 0 aliphatic heterocycles. The van der Waals surface area contributed by atoms with Gasteiger partial charge in [-0.05, 0) is 13.0 Å². The van der Waals surface area contributed by atoms with E-state index in [0.717, 1.165) is 10.7 Å². The number of hydrogen-bond donors (Lipinski definition) is 1. The third-order valence-electron chi connectivity index (χ3n) is 2.36. The molecule has 0 radical (unpaired) electrons. The van der Waals surface area contributed by atoms with Crippen molar-refractivity contribution in [3.8, 4) is 5.88 Å². The third-order valence-corrected chi connectivity index (χ3v) is 3.53. The number of thiazole rings is 1. The van der Waals surface area contributed by atoms with Crippen molar-refractivity contribution < 1.29 is 9.53 Å². The Hall–Kier alpha value is -1.66. The number of amides is 1. The second-order valence-corrected chi connectivity index (χ2v) is 5.12. The second-order valence-electron chi connectivity index (χ2n) is 3.91. The molecular weight excluding hydrogens is 298 g/mol. The maximum atomic E-state index is 11.9. The molecule has 0 aliphatic carbocycles. The van der Waals surface area contributed by atoms with Gasteiger partial charge in [0.15, 0.2) is 0 Å². The molecule has 2 aromatic rings. The molecule has 7 heteroatoms. The molecule has 0 aliphatic rings. The van der Waals surface area contributed by atoms with Crippen LogP contribution in [0.1, 0.15) is 17.6 Å². The molecule has 0 spiro atoms. The van der Waals surface area contributed by atoms with Crippen molar-refractivity contribution in [1.29, 1.82) is 0 Å². The first-order valence-corrected chi connectivity index (χ1v) is 7.50. The lowest BCUT2D eigenvalue weighted by Gasteiger charge is -2.05. The average molecular weight is 312 g/mol. The zero-order chi connectivity index (χ0) is 14.4. The van der Waals surface area contributed by atoms with E-state index in [2.05, 4.69) is 15.3 Å². The number of ether oxygens (including phenoxy) is 1. The fourth-order valence-electron chi connectivity index (χ4n) is 1.52. The van der Waals surface area contributed by atoms with Crippen molar-refractivity contribution in [1.82, 2.24) is 9.97 Å². The van der Waals surface area contributed by atoms with Gasteiger partial charge in [-0.25, -0.2) is 9.97 Å². The summed E-state index contributed by atoms with van der Waals surface area (Å²) in [7, 11) is 0. The Kier molecular flexibility index (Phi) is 5.31. The summed E-state index contributed by atoms with van der Waals surface area (Å²) < 4.78 is 5.23. The molecule has 5 nitrogen and oxygen atoms in total. The van der Waals surface area contributed by atoms with Crippen LogP contribution in [0.3, 0.4) is 0 Å². The number of anilines is 1. The van der Waals surface area contributed by atoms with E-state index >= 15 is 0 Å². The van der Waals surface area contributed by atoms with Gasteiger partial charge >= 0.3 is 0 Å². The van der Waals surface area contributed by atoms with Gasteiger partial charge in [0.05, 0.1) is 36.5 Å². The predicted molar refractivity (Wildman–Crippen MR) is 79.4 cm³/mol. The summed E-state index contributed by atoms with van der Waals surface area (Å²) in [6.45, 7) is 2.45. The van der Waals surface area contributed by atoms with Crippen LogP contribution in [0.15, 0.2) is 23.7 Å². The summed E-state index contributed by atoms with van der Waals surface area (Å²) in [5.41, 5.74) is 1.43. The maximum absolute atomic E-state index is 11.9. The molecular formula is C13H14ClN3O2S. The Morgan fingerprint density at radius 3 is 2.95 bits per heavy atom. The molecule has 20 heavy (non-hydrogen) atoms. The molecule has 1 N–H and O–H groups in total. The smallest absolute Gasteiger partial charge is 0.231 e. The van der Waals surface area contributed by atoms with Crippen molar-refractivity contribution >= 4 is 34.5 Å². The number of halogens is 1. The maximum Gasteiger partial charge on any atom is 0.231 e. The molecule has 0 atom stereocenters. The first-order valence-electron chi connectivity index (χ1n) is 6.09. The number of nitrogens with zero attached hydrogens (tertiary/aromatic N) is 2. The van der Waals surface area contributed by atoms with E-state index in [-0.39, 0.29) is 12.3 Å². The van der Waals surface area contributed by atoms with E-state index in [4.69, 9.17) is 16.3 Å². The predicted octanol–water partition coefficient (Wildman–Crippen LogP) is 2.86. The van der Waals surface area contributed by atoms with Crippen molar-refractivity contribution in [2.45, 2.75) is 19.2 Å². The first-order chi connectivity index (χ1) is 9.71. The Morgan fingerprint density at radius 1 is 1.50 bits per heavy atom. The molecule has 0 saturated heterocycles. The zero-order valence-electron chi connectivity index (χ0n) is 10.9. The van der Waals surface area contributed by atoms with Crippen LogP contribution >= 0.6 is 22.9 Å². The minimum atomic E-state index is -0.133. The highest BCUT2D eigenvalue weighted by atomic mass is 35.5.